The van der Waals surface area contributed by atoms with Crippen LogP contribution in [0, 0.1) is 0 Å². The van der Waals surface area contributed by atoms with Crippen LogP contribution in [0.5, 0.6) is 23.0 Å². The van der Waals surface area contributed by atoms with Gasteiger partial charge in [-0.2, -0.15) is 0 Å². The Morgan fingerprint density at radius 2 is 0.889 bits per heavy atom. The van der Waals surface area contributed by atoms with Gasteiger partial charge in [-0.1, -0.05) is 60.7 Å². The van der Waals surface area contributed by atoms with E-state index in [-0.39, 0.29) is 39.8 Å². The molecule has 0 bridgehead atoms. The van der Waals surface area contributed by atoms with Gasteiger partial charge in [-0.05, 0) is 94.2 Å². The number of hydrogen-bond acceptors (Lipinski definition) is 18. The third kappa shape index (κ3) is 18.6. The van der Waals surface area contributed by atoms with Gasteiger partial charge in [0.1, 0.15) is 5.69 Å². The molecule has 28 heteroatoms. The fourth-order valence-corrected chi connectivity index (χ4v) is 17.7. The first kappa shape index (κ1) is 63.1. The van der Waals surface area contributed by atoms with E-state index in [1.54, 1.807) is 78.5 Å². The standard InChI is InChI=1S/C22H24N2O3S2.C9H14BrNO3S2.C8H14N2O3S2.C5H4BrClO3S2/c1-22(2,3)24-29(25,26)21-20(27-4)18(15-28-21)23-19(16-11-7-5-8-12-16)17-13-9-6-10-14-17;1-9(2,3)11-16(12,13)8-7(14-4)6(10)5-15-8;1-8(2,3)10-15(12,13)7-6(11)5(9)4-14-7;1-10-4-3(6)2-11-5(4)12(7,8)9/h5-15,24H,1-4H3;5,11H,1-4H3;4,10-11H,9H2,1-3H3;2H,1H3. The van der Waals surface area contributed by atoms with Crippen LogP contribution < -0.4 is 34.1 Å². The number of sulfonamides is 3. The Hall–Kier alpha value is -3.16. The van der Waals surface area contributed by atoms with Crippen molar-refractivity contribution < 1.29 is 53.0 Å². The van der Waals surface area contributed by atoms with Crippen molar-refractivity contribution >= 4 is 144 Å². The molecule has 0 atom stereocenters. The van der Waals surface area contributed by atoms with Gasteiger partial charge in [-0.15, -0.1) is 45.3 Å². The van der Waals surface area contributed by atoms with Crippen molar-refractivity contribution in [3.63, 3.8) is 0 Å². The Morgan fingerprint density at radius 1 is 0.556 bits per heavy atom. The largest absolute Gasteiger partial charge is 0.504 e. The summed E-state index contributed by atoms with van der Waals surface area (Å²) in [6.07, 6.45) is 0. The van der Waals surface area contributed by atoms with Crippen molar-refractivity contribution in [3.8, 4) is 23.0 Å². The Morgan fingerprint density at radius 3 is 1.22 bits per heavy atom. The highest BCUT2D eigenvalue weighted by Crippen LogP contribution is 2.43. The molecule has 0 fully saturated rings. The molecule has 0 unspecified atom stereocenters. The number of anilines is 1. The quantitative estimate of drug-likeness (QED) is 0.0533. The van der Waals surface area contributed by atoms with Crippen molar-refractivity contribution in [3.05, 3.63) is 102 Å². The van der Waals surface area contributed by atoms with E-state index >= 15 is 0 Å². The van der Waals surface area contributed by atoms with E-state index in [1.165, 1.54) is 26.7 Å². The molecule has 0 aliphatic carbocycles. The minimum absolute atomic E-state index is 0.0264. The van der Waals surface area contributed by atoms with Gasteiger partial charge in [0.25, 0.3) is 39.1 Å². The SMILES string of the molecule is CC(C)(C)NS(=O)(=O)c1scc(N)c1O.COc1c(Br)csc1S(=O)(=O)Cl.COc1c(Br)csc1S(=O)(=O)NC(C)(C)C.COc1c(N=C(c2ccccc2)c2ccccc2)csc1S(=O)(=O)NC(C)(C)C. The van der Waals surface area contributed by atoms with Gasteiger partial charge in [-0.25, -0.2) is 52.8 Å². The number of nitrogens with one attached hydrogen (secondary N) is 3. The van der Waals surface area contributed by atoms with Gasteiger partial charge in [-0.3, -0.25) is 0 Å². The van der Waals surface area contributed by atoms with E-state index < -0.39 is 55.7 Å². The number of thiophene rings is 4. The molecule has 4 aromatic heterocycles. The van der Waals surface area contributed by atoms with Crippen LogP contribution in [-0.2, 0) is 39.1 Å². The molecule has 6 N–H and O–H groups in total. The minimum atomic E-state index is -3.73. The summed E-state index contributed by atoms with van der Waals surface area (Å²) in [6, 6.07) is 19.6. The molecule has 0 aliphatic heterocycles. The number of nitrogens with zero attached hydrogens (tertiary/aromatic N) is 1. The average Bonchev–Trinajstić information content (AvgIpc) is 4.03. The van der Waals surface area contributed by atoms with Crippen molar-refractivity contribution in [2.24, 2.45) is 4.99 Å². The molecule has 6 aromatic rings. The molecule has 0 radical (unpaired) electrons. The normalized spacial score (nSPS) is 12.3. The molecular weight excluding hydrogens is 1240 g/mol. The molecule has 6 rings (SSSR count). The predicted molar refractivity (Wildman–Crippen MR) is 300 cm³/mol. The summed E-state index contributed by atoms with van der Waals surface area (Å²) in [5.74, 6) is 0.476. The fraction of sp³-hybridized carbons (Fsp3) is 0.341. The number of aliphatic imine (C=N–C) groups is 1. The summed E-state index contributed by atoms with van der Waals surface area (Å²) in [4.78, 5) is 4.81. The number of ether oxygens (including phenoxy) is 3. The molecule has 0 spiro atoms. The summed E-state index contributed by atoms with van der Waals surface area (Å²) in [5, 5.41) is 15.8. The summed E-state index contributed by atoms with van der Waals surface area (Å²) in [5.41, 5.74) is 6.84. The van der Waals surface area contributed by atoms with Crippen LogP contribution in [-0.4, -0.2) is 82.4 Å². The Bertz CT molecular complexity index is 3210. The molecule has 2 aromatic carbocycles. The predicted octanol–water partition coefficient (Wildman–Crippen LogP) is 11.2. The number of halogens is 3. The van der Waals surface area contributed by atoms with Gasteiger partial charge < -0.3 is 25.1 Å². The van der Waals surface area contributed by atoms with Crippen LogP contribution in [0.1, 0.15) is 73.4 Å². The summed E-state index contributed by atoms with van der Waals surface area (Å²) in [7, 11) is -5.20. The number of hydrogen-bond donors (Lipinski definition) is 5. The van der Waals surface area contributed by atoms with E-state index in [0.717, 1.165) is 62.2 Å². The van der Waals surface area contributed by atoms with Crippen LogP contribution in [0.2, 0.25) is 0 Å². The Kier molecular flexibility index (Phi) is 22.4. The first-order valence-corrected chi connectivity index (χ1v) is 32.4. The number of methoxy groups -OCH3 is 3. The topological polar surface area (TPSA) is 259 Å². The number of nitrogens with two attached hydrogens (primary N) is 1. The number of benzene rings is 2. The monoisotopic (exact) mass is 1290 g/mol. The second-order valence-corrected chi connectivity index (χ2v) is 31.4. The van der Waals surface area contributed by atoms with Crippen molar-refractivity contribution in [1.82, 2.24) is 14.2 Å². The first-order valence-electron chi connectivity index (χ1n) is 20.6. The average molecular weight is 1300 g/mol. The molecular formula is C44H56Br2ClN5O12S8. The van der Waals surface area contributed by atoms with Crippen molar-refractivity contribution in [2.45, 2.75) is 95.8 Å². The first-order chi connectivity index (χ1) is 33.0. The molecule has 4 heterocycles. The van der Waals surface area contributed by atoms with Crippen LogP contribution in [0.25, 0.3) is 0 Å². The lowest BCUT2D eigenvalue weighted by atomic mass is 10.0. The Labute approximate surface area is 460 Å². The Balaban J connectivity index is 0.000000272. The maximum Gasteiger partial charge on any atom is 0.274 e. The maximum atomic E-state index is 12.8. The third-order valence-corrected chi connectivity index (χ3v) is 22.6. The van der Waals surface area contributed by atoms with Gasteiger partial charge >= 0.3 is 0 Å². The van der Waals surface area contributed by atoms with Crippen molar-refractivity contribution in [1.29, 1.82) is 0 Å². The molecule has 0 saturated heterocycles. The zero-order chi connectivity index (χ0) is 54.8. The number of nitrogen functional groups attached to an aromatic ring is 1. The maximum absolute atomic E-state index is 12.8. The molecule has 0 aliphatic rings. The lowest BCUT2D eigenvalue weighted by molar-refractivity contribution is 0.402. The summed E-state index contributed by atoms with van der Waals surface area (Å²) in [6.45, 7) is 15.9. The highest BCUT2D eigenvalue weighted by atomic mass is 79.9. The van der Waals surface area contributed by atoms with E-state index in [0.29, 0.717) is 20.4 Å². The summed E-state index contributed by atoms with van der Waals surface area (Å²) < 4.78 is 120. The second kappa shape index (κ2) is 25.6. The van der Waals surface area contributed by atoms with E-state index in [9.17, 15) is 38.8 Å². The molecule has 17 nitrogen and oxygen atoms in total. The fourth-order valence-electron chi connectivity index (χ4n) is 5.60. The van der Waals surface area contributed by atoms with Crippen LogP contribution in [0.15, 0.2) is 113 Å². The molecule has 398 valence electrons. The smallest absolute Gasteiger partial charge is 0.274 e. The van der Waals surface area contributed by atoms with Gasteiger partial charge in [0.15, 0.2) is 39.8 Å². The highest BCUT2D eigenvalue weighted by Gasteiger charge is 2.31. The molecule has 72 heavy (non-hydrogen) atoms. The van der Waals surface area contributed by atoms with Gasteiger partial charge in [0, 0.05) is 59.9 Å². The zero-order valence-corrected chi connectivity index (χ0v) is 51.4. The molecule has 0 amide bonds. The minimum Gasteiger partial charge on any atom is -0.504 e. The molecule has 0 saturated carbocycles. The van der Waals surface area contributed by atoms with Gasteiger partial charge in [0.2, 0.25) is 0 Å². The highest BCUT2D eigenvalue weighted by molar-refractivity contribution is 9.11. The van der Waals surface area contributed by atoms with E-state index in [1.807, 2.05) is 60.7 Å². The van der Waals surface area contributed by atoms with E-state index in [4.69, 9.17) is 35.6 Å². The second-order valence-electron chi connectivity index (χ2n) is 17.8. The summed E-state index contributed by atoms with van der Waals surface area (Å²) >= 11 is 10.5. The van der Waals surface area contributed by atoms with Gasteiger partial charge in [0.05, 0.1) is 41.7 Å². The third-order valence-electron chi connectivity index (χ3n) is 8.01. The van der Waals surface area contributed by atoms with E-state index in [2.05, 4.69) is 46.0 Å². The number of rotatable bonds is 13. The van der Waals surface area contributed by atoms with Crippen LogP contribution >= 0.6 is 87.9 Å². The van der Waals surface area contributed by atoms with Crippen LogP contribution in [0.3, 0.4) is 0 Å². The zero-order valence-electron chi connectivity index (χ0n) is 40.9. The van der Waals surface area contributed by atoms with Crippen LogP contribution in [0.4, 0.5) is 11.4 Å². The number of aromatic hydroxyl groups is 1. The van der Waals surface area contributed by atoms with Crippen molar-refractivity contribution in [2.75, 3.05) is 27.1 Å². The lowest BCUT2D eigenvalue weighted by Gasteiger charge is -2.20. The lowest BCUT2D eigenvalue weighted by Crippen LogP contribution is -2.40.